The molecule has 2 aromatic rings. The number of para-hydroxylation sites is 1. The van der Waals surface area contributed by atoms with E-state index in [0.29, 0.717) is 10.0 Å². The van der Waals surface area contributed by atoms with Crippen LogP contribution in [0.5, 0.6) is 5.75 Å². The van der Waals surface area contributed by atoms with Crippen molar-refractivity contribution in [1.82, 2.24) is 0 Å². The lowest BCUT2D eigenvalue weighted by Gasteiger charge is -2.11. The normalized spacial score (nSPS) is 10.3. The molecule has 0 radical (unpaired) electrons. The van der Waals surface area contributed by atoms with Gasteiger partial charge < -0.3 is 9.84 Å². The molecule has 0 unspecified atom stereocenters. The van der Waals surface area contributed by atoms with Crippen molar-refractivity contribution in [3.05, 3.63) is 62.8 Å². The molecular weight excluding hydrogens is 351 g/mol. The largest absolute Gasteiger partial charge is 0.486 e. The average molecular weight is 360 g/mol. The first-order chi connectivity index (χ1) is 9.49. The highest BCUT2D eigenvalue weighted by Gasteiger charge is 2.14. The molecule has 6 heteroatoms. The summed E-state index contributed by atoms with van der Waals surface area (Å²) in [6.07, 6.45) is 0. The summed E-state index contributed by atoms with van der Waals surface area (Å²) in [5.41, 5.74) is 0.674. The molecule has 3 nitrogen and oxygen atoms in total. The first-order valence-corrected chi connectivity index (χ1v) is 6.74. The highest BCUT2D eigenvalue weighted by molar-refractivity contribution is 9.10. The molecule has 0 saturated carbocycles. The quantitative estimate of drug-likeness (QED) is 0.873. The van der Waals surface area contributed by atoms with Crippen LogP contribution in [-0.4, -0.2) is 11.1 Å². The van der Waals surface area contributed by atoms with Crippen LogP contribution in [0.2, 0.25) is 5.02 Å². The predicted molar refractivity (Wildman–Crippen MR) is 76.8 cm³/mol. The summed E-state index contributed by atoms with van der Waals surface area (Å²) in [4.78, 5) is 11.1. The van der Waals surface area contributed by atoms with Gasteiger partial charge >= 0.3 is 5.97 Å². The fraction of sp³-hybridized carbons (Fsp3) is 0.0714. The van der Waals surface area contributed by atoms with Gasteiger partial charge in [-0.3, -0.25) is 0 Å². The van der Waals surface area contributed by atoms with E-state index >= 15 is 0 Å². The Balaban J connectivity index is 2.22. The molecule has 0 aliphatic carbocycles. The van der Waals surface area contributed by atoms with E-state index in [1.54, 1.807) is 18.2 Å². The van der Waals surface area contributed by atoms with Crippen LogP contribution in [0.25, 0.3) is 0 Å². The van der Waals surface area contributed by atoms with Gasteiger partial charge in [-0.15, -0.1) is 0 Å². The third kappa shape index (κ3) is 3.29. The molecule has 0 aliphatic rings. The SMILES string of the molecule is O=C(O)c1cccc(Cl)c1OCc1ccc(F)c(Br)c1. The van der Waals surface area contributed by atoms with Gasteiger partial charge in [0.1, 0.15) is 18.0 Å². The zero-order valence-electron chi connectivity index (χ0n) is 10.1. The third-order valence-electron chi connectivity index (χ3n) is 2.56. The highest BCUT2D eigenvalue weighted by atomic mass is 79.9. The highest BCUT2D eigenvalue weighted by Crippen LogP contribution is 2.29. The number of benzene rings is 2. The van der Waals surface area contributed by atoms with Gasteiger partial charge in [0.2, 0.25) is 0 Å². The fourth-order valence-corrected chi connectivity index (χ4v) is 2.26. The molecule has 0 spiro atoms. The summed E-state index contributed by atoms with van der Waals surface area (Å²) in [6.45, 7) is 0.0862. The van der Waals surface area contributed by atoms with Gasteiger partial charge in [0.05, 0.1) is 9.50 Å². The van der Waals surface area contributed by atoms with Gasteiger partial charge in [0, 0.05) is 0 Å². The molecule has 0 saturated heterocycles. The maximum atomic E-state index is 13.1. The molecule has 0 fully saturated rings. The predicted octanol–water partition coefficient (Wildman–Crippen LogP) is 4.52. The molecule has 1 N–H and O–H groups in total. The first kappa shape index (κ1) is 14.8. The molecule has 0 amide bonds. The van der Waals surface area contributed by atoms with Gasteiger partial charge in [-0.2, -0.15) is 0 Å². The monoisotopic (exact) mass is 358 g/mol. The summed E-state index contributed by atoms with van der Waals surface area (Å²) < 4.78 is 18.9. The van der Waals surface area contributed by atoms with Gasteiger partial charge in [-0.25, -0.2) is 9.18 Å². The van der Waals surface area contributed by atoms with Gasteiger partial charge in [-0.05, 0) is 45.8 Å². The molecule has 0 heterocycles. The lowest BCUT2D eigenvalue weighted by atomic mass is 10.2. The van der Waals surface area contributed by atoms with E-state index in [2.05, 4.69) is 15.9 Å². The minimum absolute atomic E-state index is 0.0151. The number of rotatable bonds is 4. The van der Waals surface area contributed by atoms with E-state index in [1.807, 2.05) is 0 Å². The van der Waals surface area contributed by atoms with Crippen LogP contribution in [0.4, 0.5) is 4.39 Å². The summed E-state index contributed by atoms with van der Waals surface area (Å²) >= 11 is 9.01. The number of halogens is 3. The molecule has 104 valence electrons. The molecule has 2 rings (SSSR count). The van der Waals surface area contributed by atoms with E-state index in [0.717, 1.165) is 0 Å². The zero-order valence-corrected chi connectivity index (χ0v) is 12.4. The molecule has 20 heavy (non-hydrogen) atoms. The number of ether oxygens (including phenoxy) is 1. The third-order valence-corrected chi connectivity index (χ3v) is 3.47. The van der Waals surface area contributed by atoms with Crippen molar-refractivity contribution in [2.45, 2.75) is 6.61 Å². The van der Waals surface area contributed by atoms with Gasteiger partial charge in [0.15, 0.2) is 5.75 Å². The smallest absolute Gasteiger partial charge is 0.339 e. The minimum atomic E-state index is -1.12. The second-order valence-corrected chi connectivity index (χ2v) is 5.22. The van der Waals surface area contributed by atoms with E-state index in [4.69, 9.17) is 21.4 Å². The minimum Gasteiger partial charge on any atom is -0.486 e. The van der Waals surface area contributed by atoms with Crippen LogP contribution in [-0.2, 0) is 6.61 Å². The Labute approximate surface area is 128 Å². The van der Waals surface area contributed by atoms with Crippen LogP contribution in [0.1, 0.15) is 15.9 Å². The molecular formula is C14H9BrClFO3. The molecule has 0 atom stereocenters. The number of aromatic carboxylic acids is 1. The standard InChI is InChI=1S/C14H9BrClFO3/c15-10-6-8(4-5-12(10)17)7-20-13-9(14(18)19)2-1-3-11(13)16/h1-6H,7H2,(H,18,19). The number of carbonyl (C=O) groups is 1. The molecule has 0 bridgehead atoms. The summed E-state index contributed by atoms with van der Waals surface area (Å²) in [5.74, 6) is -1.40. The Kier molecular flexibility index (Phi) is 4.62. The van der Waals surface area contributed by atoms with Crippen molar-refractivity contribution in [2.24, 2.45) is 0 Å². The Morgan fingerprint density at radius 3 is 2.75 bits per heavy atom. The number of hydrogen-bond donors (Lipinski definition) is 1. The maximum Gasteiger partial charge on any atom is 0.339 e. The lowest BCUT2D eigenvalue weighted by molar-refractivity contribution is 0.0692. The Morgan fingerprint density at radius 2 is 2.10 bits per heavy atom. The topological polar surface area (TPSA) is 46.5 Å². The van der Waals surface area contributed by atoms with E-state index in [9.17, 15) is 9.18 Å². The van der Waals surface area contributed by atoms with Gasteiger partial charge in [-0.1, -0.05) is 23.7 Å². The summed E-state index contributed by atoms with van der Waals surface area (Å²) in [6, 6.07) is 8.90. The summed E-state index contributed by atoms with van der Waals surface area (Å²) in [7, 11) is 0. The van der Waals surface area contributed by atoms with E-state index < -0.39 is 5.97 Å². The average Bonchev–Trinajstić information content (AvgIpc) is 2.40. The Bertz CT molecular complexity index is 661. The van der Waals surface area contributed by atoms with E-state index in [-0.39, 0.29) is 28.8 Å². The number of hydrogen-bond acceptors (Lipinski definition) is 2. The zero-order chi connectivity index (χ0) is 14.7. The Hall–Kier alpha value is -1.59. The first-order valence-electron chi connectivity index (χ1n) is 5.57. The van der Waals surface area contributed by atoms with Gasteiger partial charge in [0.25, 0.3) is 0 Å². The molecule has 2 aromatic carbocycles. The van der Waals surface area contributed by atoms with Crippen LogP contribution in [0.15, 0.2) is 40.9 Å². The van der Waals surface area contributed by atoms with Crippen molar-refractivity contribution in [2.75, 3.05) is 0 Å². The Morgan fingerprint density at radius 1 is 1.35 bits per heavy atom. The van der Waals surface area contributed by atoms with Crippen LogP contribution < -0.4 is 4.74 Å². The second-order valence-electron chi connectivity index (χ2n) is 3.96. The fourth-order valence-electron chi connectivity index (χ4n) is 1.61. The molecule has 0 aromatic heterocycles. The molecule has 0 aliphatic heterocycles. The van der Waals surface area contributed by atoms with Crippen LogP contribution in [0, 0.1) is 5.82 Å². The summed E-state index contributed by atoms with van der Waals surface area (Å²) in [5, 5.41) is 9.29. The number of carboxylic acids is 1. The second kappa shape index (κ2) is 6.24. The number of carboxylic acid groups (broad SMARTS) is 1. The lowest BCUT2D eigenvalue weighted by Crippen LogP contribution is -2.04. The van der Waals surface area contributed by atoms with Crippen molar-refractivity contribution in [1.29, 1.82) is 0 Å². The maximum absolute atomic E-state index is 13.1. The van der Waals surface area contributed by atoms with Crippen LogP contribution in [0.3, 0.4) is 0 Å². The van der Waals surface area contributed by atoms with Crippen molar-refractivity contribution in [3.63, 3.8) is 0 Å². The van der Waals surface area contributed by atoms with Crippen molar-refractivity contribution >= 4 is 33.5 Å². The van der Waals surface area contributed by atoms with E-state index in [1.165, 1.54) is 18.2 Å². The van der Waals surface area contributed by atoms with Crippen molar-refractivity contribution < 1.29 is 19.0 Å². The van der Waals surface area contributed by atoms with Crippen LogP contribution >= 0.6 is 27.5 Å². The van der Waals surface area contributed by atoms with Crippen molar-refractivity contribution in [3.8, 4) is 5.75 Å².